The third-order valence-electron chi connectivity index (χ3n) is 2.54. The first-order valence-electron chi connectivity index (χ1n) is 4.34. The average Bonchev–Trinajstić information content (AvgIpc) is 1.51. The van der Waals surface area contributed by atoms with Crippen LogP contribution in [-0.2, 0) is 0 Å². The Bertz CT molecular complexity index is 131. The van der Waals surface area contributed by atoms with Crippen molar-refractivity contribution >= 4 is 0 Å². The normalized spacial score (nSPS) is 24.8. The molecule has 2 heteroatoms. The van der Waals surface area contributed by atoms with Gasteiger partial charge in [-0.15, -0.1) is 0 Å². The molecule has 0 aliphatic carbocycles. The summed E-state index contributed by atoms with van der Waals surface area (Å²) in [5.74, 6) is 0.509. The molecule has 0 amide bonds. The van der Waals surface area contributed by atoms with Crippen LogP contribution in [0.4, 0.5) is 0 Å². The first-order chi connectivity index (χ1) is 4.91. The maximum Gasteiger partial charge on any atom is 0.0564 e. The molecule has 1 aliphatic rings. The average molecular weight is 157 g/mol. The number of hydrogen-bond acceptors (Lipinski definition) is 2. The summed E-state index contributed by atoms with van der Waals surface area (Å²) in [6, 6.07) is 0. The van der Waals surface area contributed by atoms with Crippen LogP contribution in [0.3, 0.4) is 0 Å². The Hall–Kier alpha value is -0.0800. The largest absolute Gasteiger partial charge is 0.393 e. The number of rotatable bonds is 1. The second-order valence-corrected chi connectivity index (χ2v) is 4.58. The van der Waals surface area contributed by atoms with E-state index in [0.29, 0.717) is 5.92 Å². The Kier molecular flexibility index (Phi) is 2.26. The van der Waals surface area contributed by atoms with Gasteiger partial charge in [0.2, 0.25) is 0 Å². The van der Waals surface area contributed by atoms with Crippen molar-refractivity contribution in [2.45, 2.75) is 39.3 Å². The van der Waals surface area contributed by atoms with Crippen molar-refractivity contribution < 1.29 is 5.11 Å². The standard InChI is InChI=1S/C9H19NO/c1-7(11)8-5-10(6-8)9(2,3)4/h7-8,11H,5-6H2,1-4H3/t7-/m0/s1. The van der Waals surface area contributed by atoms with Gasteiger partial charge in [0.1, 0.15) is 0 Å². The molecule has 1 aliphatic heterocycles. The maximum absolute atomic E-state index is 9.23. The predicted molar refractivity (Wildman–Crippen MR) is 46.5 cm³/mol. The quantitative estimate of drug-likeness (QED) is 0.616. The highest BCUT2D eigenvalue weighted by Gasteiger charge is 2.36. The molecule has 0 aromatic rings. The van der Waals surface area contributed by atoms with Crippen molar-refractivity contribution in [3.05, 3.63) is 0 Å². The zero-order valence-corrected chi connectivity index (χ0v) is 7.96. The Balaban J connectivity index is 2.30. The van der Waals surface area contributed by atoms with E-state index in [4.69, 9.17) is 0 Å². The van der Waals surface area contributed by atoms with Crippen LogP contribution in [0.2, 0.25) is 0 Å². The van der Waals surface area contributed by atoms with Crippen molar-refractivity contribution in [2.24, 2.45) is 5.92 Å². The lowest BCUT2D eigenvalue weighted by atomic mass is 9.89. The minimum Gasteiger partial charge on any atom is -0.393 e. The van der Waals surface area contributed by atoms with Gasteiger partial charge in [-0.2, -0.15) is 0 Å². The topological polar surface area (TPSA) is 23.5 Å². The fourth-order valence-electron chi connectivity index (χ4n) is 1.37. The summed E-state index contributed by atoms with van der Waals surface area (Å²) in [6.45, 7) is 10.6. The zero-order chi connectivity index (χ0) is 8.65. The molecule has 0 unspecified atom stereocenters. The number of aliphatic hydroxyl groups excluding tert-OH is 1. The Labute approximate surface area is 69.2 Å². The summed E-state index contributed by atoms with van der Waals surface area (Å²) in [6.07, 6.45) is -0.131. The second-order valence-electron chi connectivity index (χ2n) is 4.58. The lowest BCUT2D eigenvalue weighted by Crippen LogP contribution is -2.58. The van der Waals surface area contributed by atoms with E-state index in [2.05, 4.69) is 25.7 Å². The first kappa shape index (κ1) is 9.01. The maximum atomic E-state index is 9.23. The van der Waals surface area contributed by atoms with E-state index in [1.54, 1.807) is 0 Å². The van der Waals surface area contributed by atoms with Crippen LogP contribution in [0.25, 0.3) is 0 Å². The Morgan fingerprint density at radius 1 is 1.36 bits per heavy atom. The monoisotopic (exact) mass is 157 g/mol. The van der Waals surface area contributed by atoms with E-state index in [0.717, 1.165) is 13.1 Å². The van der Waals surface area contributed by atoms with Crippen molar-refractivity contribution in [3.8, 4) is 0 Å². The number of likely N-dealkylation sites (tertiary alicyclic amines) is 1. The molecule has 1 rings (SSSR count). The molecular weight excluding hydrogens is 138 g/mol. The van der Waals surface area contributed by atoms with E-state index >= 15 is 0 Å². The van der Waals surface area contributed by atoms with Gasteiger partial charge >= 0.3 is 0 Å². The summed E-state index contributed by atoms with van der Waals surface area (Å²) < 4.78 is 0. The van der Waals surface area contributed by atoms with Gasteiger partial charge in [0.05, 0.1) is 6.10 Å². The SMILES string of the molecule is C[C@H](O)C1CN(C(C)(C)C)C1. The minimum atomic E-state index is -0.131. The van der Waals surface area contributed by atoms with Gasteiger partial charge in [0.15, 0.2) is 0 Å². The molecule has 0 saturated carbocycles. The molecular formula is C9H19NO. The highest BCUT2D eigenvalue weighted by Crippen LogP contribution is 2.26. The molecule has 1 atom stereocenters. The van der Waals surface area contributed by atoms with E-state index in [1.165, 1.54) is 0 Å². The van der Waals surface area contributed by atoms with Gasteiger partial charge in [-0.1, -0.05) is 0 Å². The molecule has 0 spiro atoms. The molecule has 1 saturated heterocycles. The van der Waals surface area contributed by atoms with Gasteiger partial charge in [-0.25, -0.2) is 0 Å². The van der Waals surface area contributed by atoms with Gasteiger partial charge in [-0.05, 0) is 27.7 Å². The van der Waals surface area contributed by atoms with Crippen LogP contribution in [0.1, 0.15) is 27.7 Å². The van der Waals surface area contributed by atoms with Gasteiger partial charge in [0, 0.05) is 24.5 Å². The van der Waals surface area contributed by atoms with Crippen LogP contribution in [-0.4, -0.2) is 34.7 Å². The fourth-order valence-corrected chi connectivity index (χ4v) is 1.37. The molecule has 0 bridgehead atoms. The van der Waals surface area contributed by atoms with E-state index in [-0.39, 0.29) is 11.6 Å². The van der Waals surface area contributed by atoms with Gasteiger partial charge in [-0.3, -0.25) is 4.90 Å². The molecule has 0 aromatic carbocycles. The van der Waals surface area contributed by atoms with Gasteiger partial charge in [0.25, 0.3) is 0 Å². The Morgan fingerprint density at radius 2 is 1.82 bits per heavy atom. The van der Waals surface area contributed by atoms with E-state index < -0.39 is 0 Å². The van der Waals surface area contributed by atoms with E-state index in [9.17, 15) is 5.11 Å². The van der Waals surface area contributed by atoms with Crippen LogP contribution < -0.4 is 0 Å². The molecule has 0 radical (unpaired) electrons. The van der Waals surface area contributed by atoms with Crippen LogP contribution in [0, 0.1) is 5.92 Å². The summed E-state index contributed by atoms with van der Waals surface area (Å²) >= 11 is 0. The molecule has 1 N–H and O–H groups in total. The van der Waals surface area contributed by atoms with Crippen molar-refractivity contribution in [3.63, 3.8) is 0 Å². The minimum absolute atomic E-state index is 0.131. The van der Waals surface area contributed by atoms with E-state index in [1.807, 2.05) is 6.92 Å². The smallest absolute Gasteiger partial charge is 0.0564 e. The zero-order valence-electron chi connectivity index (χ0n) is 7.96. The van der Waals surface area contributed by atoms with Crippen LogP contribution in [0.15, 0.2) is 0 Å². The summed E-state index contributed by atoms with van der Waals surface area (Å²) in [5.41, 5.74) is 0.283. The lowest BCUT2D eigenvalue weighted by Gasteiger charge is -2.48. The van der Waals surface area contributed by atoms with Crippen LogP contribution in [0.5, 0.6) is 0 Å². The molecule has 11 heavy (non-hydrogen) atoms. The molecule has 2 nitrogen and oxygen atoms in total. The highest BCUT2D eigenvalue weighted by molar-refractivity contribution is 4.90. The van der Waals surface area contributed by atoms with Crippen molar-refractivity contribution in [2.75, 3.05) is 13.1 Å². The molecule has 66 valence electrons. The summed E-state index contributed by atoms with van der Waals surface area (Å²) in [5, 5.41) is 9.23. The third kappa shape index (κ3) is 1.94. The molecule has 1 fully saturated rings. The number of nitrogens with zero attached hydrogens (tertiary/aromatic N) is 1. The predicted octanol–water partition coefficient (Wildman–Crippen LogP) is 1.10. The summed E-state index contributed by atoms with van der Waals surface area (Å²) in [7, 11) is 0. The lowest BCUT2D eigenvalue weighted by molar-refractivity contribution is -0.0417. The molecule has 1 heterocycles. The van der Waals surface area contributed by atoms with Gasteiger partial charge < -0.3 is 5.11 Å². The number of hydrogen-bond donors (Lipinski definition) is 1. The van der Waals surface area contributed by atoms with Crippen molar-refractivity contribution in [1.82, 2.24) is 4.90 Å². The third-order valence-corrected chi connectivity index (χ3v) is 2.54. The number of aliphatic hydroxyl groups is 1. The highest BCUT2D eigenvalue weighted by atomic mass is 16.3. The molecule has 0 aromatic heterocycles. The summed E-state index contributed by atoms with van der Waals surface area (Å²) in [4.78, 5) is 2.39. The fraction of sp³-hybridized carbons (Fsp3) is 1.00. The van der Waals surface area contributed by atoms with Crippen molar-refractivity contribution in [1.29, 1.82) is 0 Å². The second kappa shape index (κ2) is 2.76. The Morgan fingerprint density at radius 3 is 2.09 bits per heavy atom. The van der Waals surface area contributed by atoms with Crippen LogP contribution >= 0.6 is 0 Å². The first-order valence-corrected chi connectivity index (χ1v) is 4.34.